The minimum atomic E-state index is -0.704. The predicted octanol–water partition coefficient (Wildman–Crippen LogP) is 0.0381. The van der Waals surface area contributed by atoms with E-state index < -0.39 is 17.9 Å². The Hall–Kier alpha value is -2.04. The molecular formula is C10H12N2O3. The number of benzene rings is 1. The molecule has 0 aliphatic heterocycles. The monoisotopic (exact) mass is 208 g/mol. The Bertz CT molecular complexity index is 373. The van der Waals surface area contributed by atoms with Crippen LogP contribution in [0.3, 0.4) is 0 Å². The van der Waals surface area contributed by atoms with Crippen molar-refractivity contribution in [2.45, 2.75) is 13.0 Å². The second kappa shape index (κ2) is 4.45. The van der Waals surface area contributed by atoms with Crippen molar-refractivity contribution >= 4 is 11.8 Å². The number of amides is 2. The van der Waals surface area contributed by atoms with Gasteiger partial charge in [-0.15, -0.1) is 0 Å². The van der Waals surface area contributed by atoms with Gasteiger partial charge in [0.1, 0.15) is 5.75 Å². The van der Waals surface area contributed by atoms with E-state index in [1.165, 1.54) is 12.1 Å². The molecule has 1 rings (SSSR count). The quantitative estimate of drug-likeness (QED) is 0.731. The largest absolute Gasteiger partial charge is 0.481 e. The molecule has 0 saturated carbocycles. The van der Waals surface area contributed by atoms with Gasteiger partial charge in [-0.3, -0.25) is 9.59 Å². The Morgan fingerprint density at radius 2 is 1.73 bits per heavy atom. The number of primary amides is 2. The number of ether oxygens (including phenoxy) is 1. The van der Waals surface area contributed by atoms with Crippen LogP contribution in [0, 0.1) is 0 Å². The van der Waals surface area contributed by atoms with E-state index in [0.29, 0.717) is 11.3 Å². The van der Waals surface area contributed by atoms with Gasteiger partial charge in [-0.2, -0.15) is 0 Å². The summed E-state index contributed by atoms with van der Waals surface area (Å²) in [7, 11) is 0. The normalized spacial score (nSPS) is 11.8. The lowest BCUT2D eigenvalue weighted by atomic mass is 10.2. The second-order valence-electron chi connectivity index (χ2n) is 3.05. The molecule has 1 atom stereocenters. The Morgan fingerprint density at radius 3 is 2.13 bits per heavy atom. The lowest BCUT2D eigenvalue weighted by molar-refractivity contribution is -0.123. The molecule has 0 saturated heterocycles. The average molecular weight is 208 g/mol. The van der Waals surface area contributed by atoms with Crippen molar-refractivity contribution in [3.8, 4) is 5.75 Å². The zero-order valence-electron chi connectivity index (χ0n) is 8.27. The van der Waals surface area contributed by atoms with Crippen LogP contribution < -0.4 is 16.2 Å². The van der Waals surface area contributed by atoms with Crippen LogP contribution in [0.2, 0.25) is 0 Å². The molecule has 1 aromatic carbocycles. The van der Waals surface area contributed by atoms with Crippen LogP contribution in [0.1, 0.15) is 17.3 Å². The summed E-state index contributed by atoms with van der Waals surface area (Å²) in [4.78, 5) is 21.5. The minimum absolute atomic E-state index is 0.383. The summed E-state index contributed by atoms with van der Waals surface area (Å²) >= 11 is 0. The molecule has 1 aromatic rings. The summed E-state index contributed by atoms with van der Waals surface area (Å²) < 4.78 is 5.18. The average Bonchev–Trinajstić information content (AvgIpc) is 2.18. The molecule has 2 amide bonds. The summed E-state index contributed by atoms with van der Waals surface area (Å²) in [6.07, 6.45) is -0.704. The van der Waals surface area contributed by atoms with Gasteiger partial charge >= 0.3 is 0 Å². The third kappa shape index (κ3) is 2.98. The third-order valence-electron chi connectivity index (χ3n) is 1.85. The van der Waals surface area contributed by atoms with Crippen molar-refractivity contribution < 1.29 is 14.3 Å². The fourth-order valence-electron chi connectivity index (χ4n) is 0.960. The van der Waals surface area contributed by atoms with Crippen LogP contribution in [0.15, 0.2) is 24.3 Å². The van der Waals surface area contributed by atoms with Crippen LogP contribution in [0.5, 0.6) is 5.75 Å². The number of carbonyl (C=O) groups excluding carboxylic acids is 2. The molecule has 0 aliphatic rings. The summed E-state index contributed by atoms with van der Waals surface area (Å²) in [6, 6.07) is 6.15. The van der Waals surface area contributed by atoms with E-state index in [1.807, 2.05) is 0 Å². The topological polar surface area (TPSA) is 95.4 Å². The number of hydrogen-bond acceptors (Lipinski definition) is 3. The molecule has 0 aliphatic carbocycles. The van der Waals surface area contributed by atoms with Crippen molar-refractivity contribution in [3.63, 3.8) is 0 Å². The lowest BCUT2D eigenvalue weighted by Gasteiger charge is -2.10. The zero-order chi connectivity index (χ0) is 11.4. The van der Waals surface area contributed by atoms with Crippen molar-refractivity contribution in [1.29, 1.82) is 0 Å². The SMILES string of the molecule is C[C@H](Oc1ccc(C(N)=O)cc1)C(N)=O. The van der Waals surface area contributed by atoms with Crippen molar-refractivity contribution in [2.24, 2.45) is 11.5 Å². The summed E-state index contributed by atoms with van der Waals surface area (Å²) in [5, 5.41) is 0. The van der Waals surface area contributed by atoms with Crippen molar-refractivity contribution in [3.05, 3.63) is 29.8 Å². The zero-order valence-corrected chi connectivity index (χ0v) is 8.27. The van der Waals surface area contributed by atoms with Gasteiger partial charge in [-0.1, -0.05) is 0 Å². The molecule has 80 valence electrons. The molecule has 0 unspecified atom stereocenters. The van der Waals surface area contributed by atoms with Crippen molar-refractivity contribution in [2.75, 3.05) is 0 Å². The molecule has 0 radical (unpaired) electrons. The molecule has 0 bridgehead atoms. The number of nitrogens with two attached hydrogens (primary N) is 2. The van der Waals surface area contributed by atoms with Crippen LogP contribution in [-0.4, -0.2) is 17.9 Å². The Morgan fingerprint density at radius 1 is 1.20 bits per heavy atom. The van der Waals surface area contributed by atoms with Gasteiger partial charge in [-0.05, 0) is 31.2 Å². The first-order chi connectivity index (χ1) is 7.00. The maximum atomic E-state index is 10.7. The maximum absolute atomic E-state index is 10.7. The fraction of sp³-hybridized carbons (Fsp3) is 0.200. The Balaban J connectivity index is 2.72. The molecule has 5 heteroatoms. The molecule has 0 aromatic heterocycles. The Kier molecular flexibility index (Phi) is 3.28. The highest BCUT2D eigenvalue weighted by atomic mass is 16.5. The summed E-state index contributed by atoms with van der Waals surface area (Å²) in [5.74, 6) is -0.593. The van der Waals surface area contributed by atoms with E-state index in [0.717, 1.165) is 0 Å². The smallest absolute Gasteiger partial charge is 0.258 e. The highest BCUT2D eigenvalue weighted by Gasteiger charge is 2.10. The van der Waals surface area contributed by atoms with Crippen LogP contribution in [0.25, 0.3) is 0 Å². The molecule has 15 heavy (non-hydrogen) atoms. The maximum Gasteiger partial charge on any atom is 0.258 e. The van der Waals surface area contributed by atoms with Gasteiger partial charge in [0, 0.05) is 5.56 Å². The molecule has 0 spiro atoms. The second-order valence-corrected chi connectivity index (χ2v) is 3.05. The van der Waals surface area contributed by atoms with Gasteiger partial charge in [0.05, 0.1) is 0 Å². The lowest BCUT2D eigenvalue weighted by Crippen LogP contribution is -2.30. The van der Waals surface area contributed by atoms with Gasteiger partial charge in [0.2, 0.25) is 5.91 Å². The van der Waals surface area contributed by atoms with Crippen LogP contribution >= 0.6 is 0 Å². The van der Waals surface area contributed by atoms with Crippen LogP contribution in [-0.2, 0) is 4.79 Å². The van der Waals surface area contributed by atoms with Crippen LogP contribution in [0.4, 0.5) is 0 Å². The van der Waals surface area contributed by atoms with Gasteiger partial charge < -0.3 is 16.2 Å². The third-order valence-corrected chi connectivity index (χ3v) is 1.85. The van der Waals surface area contributed by atoms with Gasteiger partial charge in [0.25, 0.3) is 5.91 Å². The van der Waals surface area contributed by atoms with Gasteiger partial charge in [-0.25, -0.2) is 0 Å². The van der Waals surface area contributed by atoms with E-state index in [1.54, 1.807) is 19.1 Å². The van der Waals surface area contributed by atoms with E-state index in [-0.39, 0.29) is 0 Å². The van der Waals surface area contributed by atoms with E-state index >= 15 is 0 Å². The first-order valence-electron chi connectivity index (χ1n) is 4.36. The first-order valence-corrected chi connectivity index (χ1v) is 4.36. The van der Waals surface area contributed by atoms with E-state index in [9.17, 15) is 9.59 Å². The number of rotatable bonds is 4. The highest BCUT2D eigenvalue weighted by molar-refractivity contribution is 5.92. The van der Waals surface area contributed by atoms with Crippen molar-refractivity contribution in [1.82, 2.24) is 0 Å². The number of hydrogen-bond donors (Lipinski definition) is 2. The molecular weight excluding hydrogens is 196 g/mol. The summed E-state index contributed by atoms with van der Waals surface area (Å²) in [5.41, 5.74) is 10.5. The molecule has 0 heterocycles. The van der Waals surface area contributed by atoms with Gasteiger partial charge in [0.15, 0.2) is 6.10 Å². The molecule has 5 nitrogen and oxygen atoms in total. The molecule has 4 N–H and O–H groups in total. The first kappa shape index (κ1) is 11.0. The molecule has 0 fully saturated rings. The fourth-order valence-corrected chi connectivity index (χ4v) is 0.960. The van der Waals surface area contributed by atoms with E-state index in [4.69, 9.17) is 16.2 Å². The summed E-state index contributed by atoms with van der Waals surface area (Å²) in [6.45, 7) is 1.55. The Labute approximate surface area is 87.0 Å². The predicted molar refractivity (Wildman–Crippen MR) is 54.2 cm³/mol. The standard InChI is InChI=1S/C10H12N2O3/c1-6(9(11)13)15-8-4-2-7(3-5-8)10(12)14/h2-6H,1H3,(H2,11,13)(H2,12,14)/t6-/m0/s1. The highest BCUT2D eigenvalue weighted by Crippen LogP contribution is 2.13. The number of carbonyl (C=O) groups is 2. The van der Waals surface area contributed by atoms with E-state index in [2.05, 4.69) is 0 Å². The minimum Gasteiger partial charge on any atom is -0.481 e.